The van der Waals surface area contributed by atoms with Gasteiger partial charge in [0.1, 0.15) is 11.6 Å². The van der Waals surface area contributed by atoms with Crippen LogP contribution < -0.4 is 0 Å². The van der Waals surface area contributed by atoms with Gasteiger partial charge in [-0.15, -0.1) is 0 Å². The van der Waals surface area contributed by atoms with E-state index in [0.717, 1.165) is 52.5 Å². The summed E-state index contributed by atoms with van der Waals surface area (Å²) in [6, 6.07) is 22.8. The molecular formula is C24H23ClFN3. The van der Waals surface area contributed by atoms with Gasteiger partial charge in [-0.2, -0.15) is 0 Å². The van der Waals surface area contributed by atoms with Crippen molar-refractivity contribution in [3.05, 3.63) is 101 Å². The van der Waals surface area contributed by atoms with Gasteiger partial charge in [-0.25, -0.2) is 9.37 Å². The van der Waals surface area contributed by atoms with Crippen molar-refractivity contribution in [2.45, 2.75) is 19.5 Å². The normalized spacial score (nSPS) is 11.4. The molecule has 0 unspecified atom stereocenters. The van der Waals surface area contributed by atoms with E-state index in [-0.39, 0.29) is 5.82 Å². The monoisotopic (exact) mass is 407 g/mol. The minimum absolute atomic E-state index is 0.219. The first-order chi connectivity index (χ1) is 14.1. The third-order valence-corrected chi connectivity index (χ3v) is 5.49. The minimum atomic E-state index is -0.219. The first-order valence-corrected chi connectivity index (χ1v) is 10.1. The maximum Gasteiger partial charge on any atom is 0.124 e. The van der Waals surface area contributed by atoms with Crippen molar-refractivity contribution in [2.24, 2.45) is 0 Å². The Kier molecular flexibility index (Phi) is 5.93. The molecule has 0 spiro atoms. The van der Waals surface area contributed by atoms with Gasteiger partial charge in [-0.1, -0.05) is 54.1 Å². The summed E-state index contributed by atoms with van der Waals surface area (Å²) in [4.78, 5) is 7.12. The molecule has 0 N–H and O–H groups in total. The van der Waals surface area contributed by atoms with Crippen LogP contribution in [0.3, 0.4) is 0 Å². The Balaban J connectivity index is 1.54. The fraction of sp³-hybridized carbons (Fsp3) is 0.208. The van der Waals surface area contributed by atoms with Crippen molar-refractivity contribution < 1.29 is 4.39 Å². The number of rotatable bonds is 7. The molecule has 3 aromatic carbocycles. The molecule has 29 heavy (non-hydrogen) atoms. The van der Waals surface area contributed by atoms with E-state index >= 15 is 0 Å². The summed E-state index contributed by atoms with van der Waals surface area (Å²) >= 11 is 6.29. The molecule has 0 saturated carbocycles. The third-order valence-electron chi connectivity index (χ3n) is 5.12. The summed E-state index contributed by atoms with van der Waals surface area (Å²) in [5, 5.41) is 0.810. The zero-order chi connectivity index (χ0) is 20.2. The zero-order valence-electron chi connectivity index (χ0n) is 16.4. The first-order valence-electron chi connectivity index (χ1n) is 9.71. The van der Waals surface area contributed by atoms with Crippen molar-refractivity contribution >= 4 is 22.6 Å². The lowest BCUT2D eigenvalue weighted by molar-refractivity contribution is 0.318. The molecule has 5 heteroatoms. The SMILES string of the molecule is CN(CCc1ccccc1Cl)Cc1nc2ccccc2n1Cc1ccc(F)cc1. The summed E-state index contributed by atoms with van der Waals surface area (Å²) < 4.78 is 15.5. The van der Waals surface area contributed by atoms with Crippen molar-refractivity contribution in [2.75, 3.05) is 13.6 Å². The Labute approximate surface area is 175 Å². The maximum atomic E-state index is 13.3. The smallest absolute Gasteiger partial charge is 0.124 e. The number of imidazole rings is 1. The number of para-hydroxylation sites is 2. The highest BCUT2D eigenvalue weighted by Gasteiger charge is 2.13. The molecule has 0 aliphatic carbocycles. The molecule has 0 radical (unpaired) electrons. The van der Waals surface area contributed by atoms with Crippen LogP contribution in [0.25, 0.3) is 11.0 Å². The minimum Gasteiger partial charge on any atom is -0.322 e. The number of hydrogen-bond acceptors (Lipinski definition) is 2. The molecule has 4 aromatic rings. The van der Waals surface area contributed by atoms with E-state index in [4.69, 9.17) is 16.6 Å². The molecule has 3 nitrogen and oxygen atoms in total. The van der Waals surface area contributed by atoms with Crippen molar-refractivity contribution in [3.8, 4) is 0 Å². The summed E-state index contributed by atoms with van der Waals surface area (Å²) in [7, 11) is 2.10. The zero-order valence-corrected chi connectivity index (χ0v) is 17.1. The van der Waals surface area contributed by atoms with Crippen molar-refractivity contribution in [3.63, 3.8) is 0 Å². The number of halogens is 2. The van der Waals surface area contributed by atoms with Crippen LogP contribution in [0.2, 0.25) is 5.02 Å². The van der Waals surface area contributed by atoms with Gasteiger partial charge < -0.3 is 4.57 Å². The predicted octanol–water partition coefficient (Wildman–Crippen LogP) is 5.55. The molecule has 0 saturated heterocycles. The van der Waals surface area contributed by atoms with Gasteiger partial charge in [0.25, 0.3) is 0 Å². The van der Waals surface area contributed by atoms with E-state index in [1.807, 2.05) is 48.5 Å². The highest BCUT2D eigenvalue weighted by Crippen LogP contribution is 2.20. The molecule has 1 heterocycles. The van der Waals surface area contributed by atoms with Crippen LogP contribution >= 0.6 is 11.6 Å². The highest BCUT2D eigenvalue weighted by molar-refractivity contribution is 6.31. The molecule has 0 aliphatic heterocycles. The Morgan fingerprint density at radius 1 is 0.966 bits per heavy atom. The van der Waals surface area contributed by atoms with Gasteiger partial charge in [0.15, 0.2) is 0 Å². The molecule has 0 aliphatic rings. The lowest BCUT2D eigenvalue weighted by Gasteiger charge is -2.18. The summed E-state index contributed by atoms with van der Waals surface area (Å²) in [5.41, 5.74) is 4.27. The van der Waals surface area contributed by atoms with Gasteiger partial charge in [0.05, 0.1) is 17.6 Å². The summed E-state index contributed by atoms with van der Waals surface area (Å²) in [6.07, 6.45) is 0.883. The van der Waals surface area contributed by atoms with Crippen molar-refractivity contribution in [1.82, 2.24) is 14.5 Å². The molecule has 4 rings (SSSR count). The second kappa shape index (κ2) is 8.76. The number of nitrogens with zero attached hydrogens (tertiary/aromatic N) is 3. The second-order valence-electron chi connectivity index (χ2n) is 7.31. The average molecular weight is 408 g/mol. The van der Waals surface area contributed by atoms with Gasteiger partial charge >= 0.3 is 0 Å². The molecule has 148 valence electrons. The molecule has 0 atom stereocenters. The van der Waals surface area contributed by atoms with Crippen LogP contribution in [0.15, 0.2) is 72.8 Å². The lowest BCUT2D eigenvalue weighted by Crippen LogP contribution is -2.23. The van der Waals surface area contributed by atoms with E-state index in [1.54, 1.807) is 0 Å². The molecule has 0 fully saturated rings. The van der Waals surface area contributed by atoms with E-state index in [0.29, 0.717) is 6.54 Å². The average Bonchev–Trinajstić information content (AvgIpc) is 3.06. The summed E-state index contributed by atoms with van der Waals surface area (Å²) in [6.45, 7) is 2.26. The van der Waals surface area contributed by atoms with Crippen LogP contribution in [-0.2, 0) is 19.5 Å². The number of fused-ring (bicyclic) bond motifs is 1. The number of hydrogen-bond donors (Lipinski definition) is 0. The summed E-state index contributed by atoms with van der Waals surface area (Å²) in [5.74, 6) is 0.779. The Morgan fingerprint density at radius 2 is 1.69 bits per heavy atom. The van der Waals surface area contributed by atoms with E-state index in [2.05, 4.69) is 28.6 Å². The van der Waals surface area contributed by atoms with E-state index in [9.17, 15) is 4.39 Å². The fourth-order valence-corrected chi connectivity index (χ4v) is 3.76. The van der Waals surface area contributed by atoms with Crippen LogP contribution in [-0.4, -0.2) is 28.0 Å². The predicted molar refractivity (Wildman–Crippen MR) is 117 cm³/mol. The standard InChI is InChI=1S/C24H23ClFN3/c1-28(15-14-19-6-2-3-7-21(19)25)17-24-27-22-8-4-5-9-23(22)29(24)16-18-10-12-20(26)13-11-18/h2-13H,14-17H2,1H3. The van der Waals surface area contributed by atoms with Gasteiger partial charge in [0, 0.05) is 18.1 Å². The van der Waals surface area contributed by atoms with Crippen LogP contribution in [0.1, 0.15) is 17.0 Å². The van der Waals surface area contributed by atoms with Gasteiger partial charge in [0.2, 0.25) is 0 Å². The van der Waals surface area contributed by atoms with Crippen LogP contribution in [0.4, 0.5) is 4.39 Å². The van der Waals surface area contributed by atoms with E-state index in [1.165, 1.54) is 12.1 Å². The second-order valence-corrected chi connectivity index (χ2v) is 7.72. The van der Waals surface area contributed by atoms with Gasteiger partial charge in [-0.05, 0) is 54.9 Å². The molecule has 0 amide bonds. The number of aromatic nitrogens is 2. The van der Waals surface area contributed by atoms with Gasteiger partial charge in [-0.3, -0.25) is 4.90 Å². The Hall–Kier alpha value is -2.69. The first kappa shape index (κ1) is 19.6. The Bertz CT molecular complexity index is 1100. The fourth-order valence-electron chi connectivity index (χ4n) is 3.53. The third kappa shape index (κ3) is 4.66. The highest BCUT2D eigenvalue weighted by atomic mass is 35.5. The molecule has 1 aromatic heterocycles. The number of benzene rings is 3. The molecular weight excluding hydrogens is 385 g/mol. The lowest BCUT2D eigenvalue weighted by atomic mass is 10.1. The largest absolute Gasteiger partial charge is 0.322 e. The Morgan fingerprint density at radius 3 is 2.48 bits per heavy atom. The topological polar surface area (TPSA) is 21.1 Å². The number of likely N-dealkylation sites (N-methyl/N-ethyl adjacent to an activating group) is 1. The maximum absolute atomic E-state index is 13.3. The molecule has 0 bridgehead atoms. The van der Waals surface area contributed by atoms with Crippen molar-refractivity contribution in [1.29, 1.82) is 0 Å². The van der Waals surface area contributed by atoms with E-state index < -0.39 is 0 Å². The quantitative estimate of drug-likeness (QED) is 0.400. The van der Waals surface area contributed by atoms with Crippen LogP contribution in [0.5, 0.6) is 0 Å². The van der Waals surface area contributed by atoms with Crippen LogP contribution in [0, 0.1) is 5.82 Å².